The quantitative estimate of drug-likeness (QED) is 0.604. The van der Waals surface area contributed by atoms with E-state index in [1.807, 2.05) is 62.7 Å². The fourth-order valence-corrected chi connectivity index (χ4v) is 0.864. The molecule has 2 aromatic heterocycles. The van der Waals surface area contributed by atoms with Crippen molar-refractivity contribution in [3.05, 3.63) is 36.8 Å². The first-order chi connectivity index (χ1) is 6.47. The lowest BCUT2D eigenvalue weighted by Crippen LogP contribution is -1.77. The van der Waals surface area contributed by atoms with Crippen LogP contribution in [0.2, 0.25) is 0 Å². The highest BCUT2D eigenvalue weighted by atomic mass is 15.0. The van der Waals surface area contributed by atoms with Crippen LogP contribution in [0, 0.1) is 0 Å². The maximum Gasteiger partial charge on any atom is 0.136 e. The summed E-state index contributed by atoms with van der Waals surface area (Å²) in [4.78, 5) is 4.08. The van der Waals surface area contributed by atoms with E-state index < -0.39 is 0 Å². The Labute approximate surface area is 80.2 Å². The van der Waals surface area contributed by atoms with Crippen LogP contribution >= 0.6 is 0 Å². The van der Waals surface area contributed by atoms with Gasteiger partial charge in [-0.2, -0.15) is 0 Å². The highest BCUT2D eigenvalue weighted by Gasteiger charge is 1.85. The Morgan fingerprint density at radius 2 is 1.69 bits per heavy atom. The third kappa shape index (κ3) is 3.28. The number of nitrogens with zero attached hydrogens (tertiary/aromatic N) is 2. The first kappa shape index (κ1) is 11.7. The summed E-state index contributed by atoms with van der Waals surface area (Å²) in [5, 5.41) is 0. The molecule has 2 heteroatoms. The molecule has 0 bridgehead atoms. The highest BCUT2D eigenvalue weighted by molar-refractivity contribution is 5.36. The first-order valence-corrected chi connectivity index (χ1v) is 4.84. The van der Waals surface area contributed by atoms with Gasteiger partial charge in [-0.1, -0.05) is 33.8 Å². The number of rotatable bonds is 0. The molecule has 2 aromatic rings. The topological polar surface area (TPSA) is 17.3 Å². The molecule has 0 N–H and O–H groups in total. The second kappa shape index (κ2) is 7.35. The summed E-state index contributed by atoms with van der Waals surface area (Å²) in [6, 6.07) is 5.93. The zero-order valence-corrected chi connectivity index (χ0v) is 8.86. The minimum atomic E-state index is 0.998. The van der Waals surface area contributed by atoms with Gasteiger partial charge in [0.1, 0.15) is 5.65 Å². The second-order valence-corrected chi connectivity index (χ2v) is 1.89. The molecule has 0 aliphatic heterocycles. The van der Waals surface area contributed by atoms with Crippen molar-refractivity contribution in [3.63, 3.8) is 0 Å². The largest absolute Gasteiger partial charge is 0.307 e. The van der Waals surface area contributed by atoms with Crippen LogP contribution in [0.3, 0.4) is 0 Å². The predicted octanol–water partition coefficient (Wildman–Crippen LogP) is 3.39. The lowest BCUT2D eigenvalue weighted by atomic mass is 10.5. The standard InChI is InChI=1S/C7H6N2.2C2H6/c1-2-5-9-6-4-8-7(9)3-1;2*1-2/h1-6H;2*1-2H3. The van der Waals surface area contributed by atoms with Gasteiger partial charge in [-0.3, -0.25) is 0 Å². The van der Waals surface area contributed by atoms with E-state index in [1.54, 1.807) is 6.20 Å². The maximum atomic E-state index is 4.08. The van der Waals surface area contributed by atoms with Crippen LogP contribution in [0.25, 0.3) is 5.65 Å². The van der Waals surface area contributed by atoms with Gasteiger partial charge in [0.25, 0.3) is 0 Å². The molecule has 0 unspecified atom stereocenters. The average molecular weight is 178 g/mol. The van der Waals surface area contributed by atoms with Crippen molar-refractivity contribution in [3.8, 4) is 0 Å². The minimum absolute atomic E-state index is 0.998. The predicted molar refractivity (Wildman–Crippen MR) is 57.9 cm³/mol. The summed E-state index contributed by atoms with van der Waals surface area (Å²) >= 11 is 0. The number of imidazole rings is 1. The maximum absolute atomic E-state index is 4.08. The fraction of sp³-hybridized carbons (Fsp3) is 0.364. The second-order valence-electron chi connectivity index (χ2n) is 1.89. The monoisotopic (exact) mass is 178 g/mol. The van der Waals surface area contributed by atoms with Gasteiger partial charge in [0.15, 0.2) is 0 Å². The van der Waals surface area contributed by atoms with Crippen molar-refractivity contribution >= 4 is 5.65 Å². The summed E-state index contributed by atoms with van der Waals surface area (Å²) < 4.78 is 1.97. The average Bonchev–Trinajstić information content (AvgIpc) is 2.71. The van der Waals surface area contributed by atoms with Crippen molar-refractivity contribution in [2.24, 2.45) is 0 Å². The SMILES string of the molecule is CC.CC.c1ccn2ccnc2c1. The smallest absolute Gasteiger partial charge is 0.136 e. The summed E-state index contributed by atoms with van der Waals surface area (Å²) in [6.45, 7) is 8.00. The first-order valence-electron chi connectivity index (χ1n) is 4.84. The molecule has 0 aromatic carbocycles. The number of fused-ring (bicyclic) bond motifs is 1. The lowest BCUT2D eigenvalue weighted by Gasteiger charge is -1.86. The summed E-state index contributed by atoms with van der Waals surface area (Å²) in [7, 11) is 0. The Kier molecular flexibility index (Phi) is 6.60. The summed E-state index contributed by atoms with van der Waals surface area (Å²) in [6.07, 6.45) is 5.69. The molecular weight excluding hydrogens is 160 g/mol. The van der Waals surface area contributed by atoms with Gasteiger partial charge in [0.05, 0.1) is 0 Å². The molecule has 0 fully saturated rings. The van der Waals surface area contributed by atoms with Gasteiger partial charge in [0, 0.05) is 18.6 Å². The Balaban J connectivity index is 0.000000322. The van der Waals surface area contributed by atoms with E-state index in [2.05, 4.69) is 4.98 Å². The zero-order valence-electron chi connectivity index (χ0n) is 8.86. The molecule has 0 aliphatic rings. The molecule has 0 radical (unpaired) electrons. The molecule has 0 saturated heterocycles. The third-order valence-corrected chi connectivity index (χ3v) is 1.30. The van der Waals surface area contributed by atoms with Crippen LogP contribution in [-0.2, 0) is 0 Å². The van der Waals surface area contributed by atoms with Gasteiger partial charge in [-0.05, 0) is 12.1 Å². The summed E-state index contributed by atoms with van der Waals surface area (Å²) in [5.41, 5.74) is 0.998. The number of aromatic nitrogens is 2. The van der Waals surface area contributed by atoms with Crippen LogP contribution < -0.4 is 0 Å². The molecule has 13 heavy (non-hydrogen) atoms. The minimum Gasteiger partial charge on any atom is -0.307 e. The molecule has 0 amide bonds. The molecule has 2 heterocycles. The van der Waals surface area contributed by atoms with E-state index in [1.165, 1.54) is 0 Å². The normalized spacial score (nSPS) is 8.00. The van der Waals surface area contributed by atoms with Gasteiger partial charge in [0.2, 0.25) is 0 Å². The fourth-order valence-electron chi connectivity index (χ4n) is 0.864. The van der Waals surface area contributed by atoms with E-state index in [-0.39, 0.29) is 0 Å². The Hall–Kier alpha value is -1.31. The van der Waals surface area contributed by atoms with Gasteiger partial charge in [-0.25, -0.2) is 4.98 Å². The van der Waals surface area contributed by atoms with Crippen molar-refractivity contribution < 1.29 is 0 Å². The van der Waals surface area contributed by atoms with Crippen molar-refractivity contribution in [1.82, 2.24) is 9.38 Å². The molecule has 0 atom stereocenters. The number of hydrogen-bond acceptors (Lipinski definition) is 1. The van der Waals surface area contributed by atoms with Crippen LogP contribution in [0.1, 0.15) is 27.7 Å². The van der Waals surface area contributed by atoms with E-state index in [0.717, 1.165) is 5.65 Å². The van der Waals surface area contributed by atoms with E-state index >= 15 is 0 Å². The molecule has 2 nitrogen and oxygen atoms in total. The molecule has 2 rings (SSSR count). The van der Waals surface area contributed by atoms with Crippen LogP contribution in [-0.4, -0.2) is 9.38 Å². The zero-order chi connectivity index (χ0) is 10.1. The van der Waals surface area contributed by atoms with E-state index in [0.29, 0.717) is 0 Å². The van der Waals surface area contributed by atoms with Gasteiger partial charge in [-0.15, -0.1) is 0 Å². The lowest BCUT2D eigenvalue weighted by molar-refractivity contribution is 1.19. The molecule has 0 spiro atoms. The highest BCUT2D eigenvalue weighted by Crippen LogP contribution is 1.96. The molecule has 72 valence electrons. The number of pyridine rings is 1. The Morgan fingerprint density at radius 1 is 1.00 bits per heavy atom. The number of hydrogen-bond donors (Lipinski definition) is 0. The van der Waals surface area contributed by atoms with Crippen molar-refractivity contribution in [1.29, 1.82) is 0 Å². The molecule has 0 aliphatic carbocycles. The Morgan fingerprint density at radius 3 is 2.31 bits per heavy atom. The third-order valence-electron chi connectivity index (χ3n) is 1.30. The Bertz CT molecular complexity index is 282. The van der Waals surface area contributed by atoms with Crippen molar-refractivity contribution in [2.45, 2.75) is 27.7 Å². The van der Waals surface area contributed by atoms with Gasteiger partial charge < -0.3 is 4.40 Å². The molecular formula is C11H18N2. The van der Waals surface area contributed by atoms with Crippen LogP contribution in [0.5, 0.6) is 0 Å². The van der Waals surface area contributed by atoms with E-state index in [9.17, 15) is 0 Å². The van der Waals surface area contributed by atoms with Crippen LogP contribution in [0.4, 0.5) is 0 Å². The van der Waals surface area contributed by atoms with Crippen LogP contribution in [0.15, 0.2) is 36.8 Å². The summed E-state index contributed by atoms with van der Waals surface area (Å²) in [5.74, 6) is 0. The van der Waals surface area contributed by atoms with E-state index in [4.69, 9.17) is 0 Å². The molecule has 0 saturated carbocycles. The van der Waals surface area contributed by atoms with Crippen molar-refractivity contribution in [2.75, 3.05) is 0 Å². The van der Waals surface area contributed by atoms with Gasteiger partial charge >= 0.3 is 0 Å².